The van der Waals surface area contributed by atoms with Crippen LogP contribution in [-0.2, 0) is 43.2 Å². The Morgan fingerprint density at radius 1 is 1.00 bits per heavy atom. The molecule has 3 N–H and O–H groups in total. The van der Waals surface area contributed by atoms with Crippen LogP contribution in [0.15, 0.2) is 0 Å². The van der Waals surface area contributed by atoms with E-state index in [2.05, 4.69) is 17.6 Å². The number of hydrogen-bond acceptors (Lipinski definition) is 9. The maximum absolute atomic E-state index is 12.8. The summed E-state index contributed by atoms with van der Waals surface area (Å²) >= 11 is 0. The largest absolute Gasteiger partial charge is 0.480 e. The molecule has 40 heavy (non-hydrogen) atoms. The number of rotatable bonds is 10. The molecule has 0 radical (unpaired) electrons. The van der Waals surface area contributed by atoms with Gasteiger partial charge in [0.15, 0.2) is 11.9 Å². The lowest BCUT2D eigenvalue weighted by atomic mass is 9.58. The third kappa shape index (κ3) is 6.14. The molecule has 0 aromatic heterocycles. The van der Waals surface area contributed by atoms with Crippen LogP contribution >= 0.6 is 0 Å². The Hall–Kier alpha value is -2.28. The second-order valence-electron chi connectivity index (χ2n) is 12.6. The minimum absolute atomic E-state index is 0.000281. The van der Waals surface area contributed by atoms with Crippen molar-refractivity contribution in [2.75, 3.05) is 0 Å². The van der Waals surface area contributed by atoms with E-state index in [1.807, 2.05) is 27.7 Å². The molecular formula is C28H44N2O10. The summed E-state index contributed by atoms with van der Waals surface area (Å²) in [4.78, 5) is 61.0. The second kappa shape index (κ2) is 11.9. The number of carboxylic acid groups (broad SMARTS) is 1. The third-order valence-corrected chi connectivity index (χ3v) is 8.99. The first-order chi connectivity index (χ1) is 18.8. The number of aliphatic carboxylic acids is 1. The summed E-state index contributed by atoms with van der Waals surface area (Å²) < 4.78 is 18.3. The van der Waals surface area contributed by atoms with Gasteiger partial charge < -0.3 is 30.0 Å². The topological polar surface area (TPSA) is 159 Å². The van der Waals surface area contributed by atoms with E-state index in [0.717, 1.165) is 19.3 Å². The zero-order valence-corrected chi connectivity index (χ0v) is 24.3. The van der Waals surface area contributed by atoms with E-state index in [4.69, 9.17) is 29.1 Å². The number of carbonyl (C=O) groups is 4. The Bertz CT molecular complexity index is 990. The van der Waals surface area contributed by atoms with Crippen LogP contribution in [0.25, 0.3) is 0 Å². The highest BCUT2D eigenvalue weighted by molar-refractivity contribution is 5.91. The second-order valence-corrected chi connectivity index (χ2v) is 12.6. The number of carboxylic acids is 1. The van der Waals surface area contributed by atoms with Gasteiger partial charge in [-0.05, 0) is 57.3 Å². The summed E-state index contributed by atoms with van der Waals surface area (Å²) in [5.74, 6) is -3.33. The van der Waals surface area contributed by atoms with E-state index in [1.54, 1.807) is 0 Å². The van der Waals surface area contributed by atoms with Gasteiger partial charge in [0.2, 0.25) is 23.9 Å². The van der Waals surface area contributed by atoms with Gasteiger partial charge in [-0.15, -0.1) is 0 Å². The summed E-state index contributed by atoms with van der Waals surface area (Å²) in [5.41, 5.74) is -0.764. The standard InChI is InChI=1S/C28H44N2O10/c1-14(2)13-20(23(33)29-17(5)24(34)35)30-21(31)9-10-22(32)36-25-16(4)19-8-7-15(3)18-11-12-27(6)38-26(37-25)28(18,19)40-39-27/h14-20,25-26H,7-13H2,1-6H3,(H,29,33)(H,30,31)(H,34,35)/t15-,16+,17-,18+,19-,20+,25-,26+,27-,28-/m1/s1. The summed E-state index contributed by atoms with van der Waals surface area (Å²) in [6, 6.07) is -2.02. The van der Waals surface area contributed by atoms with Crippen molar-refractivity contribution in [1.29, 1.82) is 0 Å². The van der Waals surface area contributed by atoms with Crippen LogP contribution in [0, 0.1) is 29.6 Å². The van der Waals surface area contributed by atoms with Crippen molar-refractivity contribution in [2.45, 2.75) is 123 Å². The lowest BCUT2D eigenvalue weighted by Gasteiger charge is -2.59. The molecule has 5 aliphatic rings. The average Bonchev–Trinajstić information content (AvgIpc) is 3.10. The van der Waals surface area contributed by atoms with Crippen molar-refractivity contribution in [2.24, 2.45) is 29.6 Å². The van der Waals surface area contributed by atoms with Crippen molar-refractivity contribution in [3.63, 3.8) is 0 Å². The molecule has 1 saturated carbocycles. The van der Waals surface area contributed by atoms with Crippen LogP contribution in [-0.4, -0.2) is 64.9 Å². The molecule has 12 nitrogen and oxygen atoms in total. The number of hydrogen-bond donors (Lipinski definition) is 3. The lowest BCUT2D eigenvalue weighted by Crippen LogP contribution is -2.70. The van der Waals surface area contributed by atoms with Gasteiger partial charge >= 0.3 is 11.9 Å². The van der Waals surface area contributed by atoms with Gasteiger partial charge in [-0.3, -0.25) is 19.2 Å². The summed E-state index contributed by atoms with van der Waals surface area (Å²) in [7, 11) is 0. The molecule has 0 aromatic carbocycles. The maximum atomic E-state index is 12.8. The molecule has 1 aliphatic carbocycles. The molecular weight excluding hydrogens is 524 g/mol. The first kappa shape index (κ1) is 30.7. The summed E-state index contributed by atoms with van der Waals surface area (Å²) in [6.45, 7) is 11.1. The molecule has 10 atom stereocenters. The minimum Gasteiger partial charge on any atom is -0.480 e. The normalized spacial score (nSPS) is 38.0. The number of nitrogens with one attached hydrogen (secondary N) is 2. The smallest absolute Gasteiger partial charge is 0.325 e. The van der Waals surface area contributed by atoms with E-state index < -0.39 is 59.8 Å². The fourth-order valence-electron chi connectivity index (χ4n) is 6.76. The molecule has 2 amide bonds. The SMILES string of the molecule is CC(C)C[C@H](NC(=O)CCC(=O)O[C@@H]1O[C@H]2O[C@@]3(C)CC[C@H]4[C@H](C)CC[C@H]([C@@H]1C)[C@@]24OO3)C(=O)N[C@H](C)C(=O)O. The number of esters is 1. The number of carbonyl (C=O) groups excluding carboxylic acids is 3. The Morgan fingerprint density at radius 3 is 2.40 bits per heavy atom. The molecule has 2 bridgehead atoms. The quantitative estimate of drug-likeness (QED) is 0.264. The number of ether oxygens (including phenoxy) is 3. The van der Waals surface area contributed by atoms with Crippen LogP contribution in [0.5, 0.6) is 0 Å². The fraction of sp³-hybridized carbons (Fsp3) is 0.857. The Morgan fingerprint density at radius 2 is 1.73 bits per heavy atom. The Labute approximate surface area is 235 Å². The zero-order valence-electron chi connectivity index (χ0n) is 24.3. The fourth-order valence-corrected chi connectivity index (χ4v) is 6.76. The van der Waals surface area contributed by atoms with Crippen molar-refractivity contribution in [1.82, 2.24) is 10.6 Å². The molecule has 4 aliphatic heterocycles. The van der Waals surface area contributed by atoms with Gasteiger partial charge in [0, 0.05) is 24.7 Å². The maximum Gasteiger partial charge on any atom is 0.325 e. The summed E-state index contributed by atoms with van der Waals surface area (Å²) in [6.07, 6.45) is 1.75. The van der Waals surface area contributed by atoms with Crippen molar-refractivity contribution < 1.29 is 48.3 Å². The van der Waals surface area contributed by atoms with E-state index >= 15 is 0 Å². The highest BCUT2D eigenvalue weighted by Gasteiger charge is 2.69. The Kier molecular flexibility index (Phi) is 9.13. The van der Waals surface area contributed by atoms with Crippen LogP contribution in [0.2, 0.25) is 0 Å². The molecule has 4 heterocycles. The van der Waals surface area contributed by atoms with Crippen LogP contribution in [0.4, 0.5) is 0 Å². The Balaban J connectivity index is 1.35. The van der Waals surface area contributed by atoms with E-state index in [1.165, 1.54) is 6.92 Å². The molecule has 226 valence electrons. The highest BCUT2D eigenvalue weighted by atomic mass is 17.3. The molecule has 5 rings (SSSR count). The molecule has 0 aromatic rings. The minimum atomic E-state index is -1.18. The van der Waals surface area contributed by atoms with Gasteiger partial charge in [0.25, 0.3) is 0 Å². The van der Waals surface area contributed by atoms with Crippen LogP contribution in [0.1, 0.15) is 86.5 Å². The first-order valence-corrected chi connectivity index (χ1v) is 14.5. The monoisotopic (exact) mass is 568 g/mol. The van der Waals surface area contributed by atoms with Gasteiger partial charge in [0.05, 0.1) is 6.42 Å². The van der Waals surface area contributed by atoms with Gasteiger partial charge in [-0.2, -0.15) is 0 Å². The predicted octanol–water partition coefficient (Wildman–Crippen LogP) is 2.64. The molecule has 4 saturated heterocycles. The van der Waals surface area contributed by atoms with Crippen molar-refractivity contribution >= 4 is 23.8 Å². The van der Waals surface area contributed by atoms with Crippen molar-refractivity contribution in [3.8, 4) is 0 Å². The van der Waals surface area contributed by atoms with E-state index in [9.17, 15) is 19.2 Å². The van der Waals surface area contributed by atoms with Crippen LogP contribution < -0.4 is 10.6 Å². The predicted molar refractivity (Wildman–Crippen MR) is 139 cm³/mol. The first-order valence-electron chi connectivity index (χ1n) is 14.5. The molecule has 5 fully saturated rings. The van der Waals surface area contributed by atoms with Crippen molar-refractivity contribution in [3.05, 3.63) is 0 Å². The van der Waals surface area contributed by atoms with Gasteiger partial charge in [0.1, 0.15) is 12.1 Å². The highest BCUT2D eigenvalue weighted by Crippen LogP contribution is 2.60. The number of fused-ring (bicyclic) bond motifs is 2. The van der Waals surface area contributed by atoms with E-state index in [0.29, 0.717) is 18.8 Å². The molecule has 12 heteroatoms. The van der Waals surface area contributed by atoms with Gasteiger partial charge in [-0.25, -0.2) is 9.78 Å². The van der Waals surface area contributed by atoms with Crippen LogP contribution in [0.3, 0.4) is 0 Å². The molecule has 1 spiro atoms. The van der Waals surface area contributed by atoms with E-state index in [-0.39, 0.29) is 36.5 Å². The summed E-state index contributed by atoms with van der Waals surface area (Å²) in [5, 5.41) is 14.1. The average molecular weight is 569 g/mol. The third-order valence-electron chi connectivity index (χ3n) is 8.99. The van der Waals surface area contributed by atoms with Gasteiger partial charge in [-0.1, -0.05) is 27.7 Å². The molecule has 0 unspecified atom stereocenters. The zero-order chi connectivity index (χ0) is 29.4. The lowest BCUT2D eigenvalue weighted by molar-refractivity contribution is -0.576. The number of amides is 2.